The third kappa shape index (κ3) is 5.45. The van der Waals surface area contributed by atoms with Gasteiger partial charge in [-0.2, -0.15) is 0 Å². The van der Waals surface area contributed by atoms with E-state index in [0.717, 1.165) is 15.6 Å². The summed E-state index contributed by atoms with van der Waals surface area (Å²) in [5.74, 6) is -0.549. The van der Waals surface area contributed by atoms with Gasteiger partial charge in [-0.05, 0) is 24.6 Å². The van der Waals surface area contributed by atoms with Gasteiger partial charge >= 0.3 is 0 Å². The van der Waals surface area contributed by atoms with Crippen molar-refractivity contribution in [2.24, 2.45) is 0 Å². The van der Waals surface area contributed by atoms with Crippen LogP contribution in [0.2, 0.25) is 0 Å². The van der Waals surface area contributed by atoms with Crippen LogP contribution in [0.5, 0.6) is 0 Å². The summed E-state index contributed by atoms with van der Waals surface area (Å²) in [6.07, 6.45) is 0.227. The minimum absolute atomic E-state index is 0.211. The van der Waals surface area contributed by atoms with Crippen LogP contribution in [0.15, 0.2) is 59.1 Å². The van der Waals surface area contributed by atoms with Crippen LogP contribution >= 0.6 is 27.3 Å². The highest BCUT2D eigenvalue weighted by Crippen LogP contribution is 2.27. The molecule has 3 aromatic rings. The van der Waals surface area contributed by atoms with E-state index in [2.05, 4.69) is 36.8 Å². The lowest BCUT2D eigenvalue weighted by atomic mass is 10.1. The van der Waals surface area contributed by atoms with Crippen molar-refractivity contribution in [2.75, 3.05) is 5.32 Å². The normalized spacial score (nSPS) is 11.6. The maximum Gasteiger partial charge on any atom is 0.248 e. The first kappa shape index (κ1) is 19.2. The monoisotopic (exact) mass is 444 g/mol. The summed E-state index contributed by atoms with van der Waals surface area (Å²) in [7, 11) is 0. The van der Waals surface area contributed by atoms with Crippen LogP contribution in [-0.2, 0) is 16.0 Å². The number of carbonyl (C=O) groups excluding carboxylic acids is 2. The molecule has 2 aromatic carbocycles. The van der Waals surface area contributed by atoms with E-state index in [9.17, 15) is 9.59 Å². The molecule has 27 heavy (non-hydrogen) atoms. The molecule has 0 saturated carbocycles. The predicted molar refractivity (Wildman–Crippen MR) is 109 cm³/mol. The third-order valence-electron chi connectivity index (χ3n) is 3.72. The van der Waals surface area contributed by atoms with E-state index in [1.165, 1.54) is 11.3 Å². The molecule has 1 aromatic heterocycles. The molecule has 0 aliphatic heterocycles. The number of rotatable bonds is 6. The molecule has 1 atom stereocenters. The number of aromatic nitrogens is 2. The number of nitrogens with zero attached hydrogens (tertiary/aromatic N) is 2. The number of anilines is 1. The van der Waals surface area contributed by atoms with E-state index in [-0.39, 0.29) is 18.2 Å². The van der Waals surface area contributed by atoms with Gasteiger partial charge in [0.05, 0.1) is 6.42 Å². The molecule has 0 aliphatic rings. The molecule has 138 valence electrons. The highest BCUT2D eigenvalue weighted by molar-refractivity contribution is 9.10. The molecule has 0 bridgehead atoms. The van der Waals surface area contributed by atoms with E-state index in [4.69, 9.17) is 0 Å². The van der Waals surface area contributed by atoms with Crippen LogP contribution in [0.4, 0.5) is 5.13 Å². The fraction of sp³-hybridized carbons (Fsp3) is 0.158. The first-order chi connectivity index (χ1) is 13.0. The molecule has 8 heteroatoms. The first-order valence-electron chi connectivity index (χ1n) is 8.25. The number of amides is 2. The Labute approximate surface area is 169 Å². The maximum absolute atomic E-state index is 12.3. The predicted octanol–water partition coefficient (Wildman–Crippen LogP) is 3.65. The smallest absolute Gasteiger partial charge is 0.248 e. The van der Waals surface area contributed by atoms with Gasteiger partial charge in [-0.25, -0.2) is 0 Å². The number of benzene rings is 2. The molecule has 0 aliphatic carbocycles. The quantitative estimate of drug-likeness (QED) is 0.607. The zero-order valence-corrected chi connectivity index (χ0v) is 16.9. The highest BCUT2D eigenvalue weighted by Gasteiger charge is 2.18. The molecule has 0 saturated heterocycles. The largest absolute Gasteiger partial charge is 0.344 e. The van der Waals surface area contributed by atoms with Gasteiger partial charge in [0, 0.05) is 10.0 Å². The number of hydrogen-bond acceptors (Lipinski definition) is 5. The van der Waals surface area contributed by atoms with Gasteiger partial charge in [-0.3, -0.25) is 14.9 Å². The summed E-state index contributed by atoms with van der Waals surface area (Å²) in [4.78, 5) is 24.4. The van der Waals surface area contributed by atoms with Crippen LogP contribution in [0, 0.1) is 0 Å². The van der Waals surface area contributed by atoms with E-state index in [1.807, 2.05) is 54.6 Å². The SMILES string of the molecule is C[C@@H](NC(=O)Cc1ccccc1)C(=O)Nc1nnc(-c2ccc(Br)cc2)s1. The van der Waals surface area contributed by atoms with Crippen LogP contribution in [0.1, 0.15) is 12.5 Å². The first-order valence-corrected chi connectivity index (χ1v) is 9.86. The molecule has 0 spiro atoms. The van der Waals surface area contributed by atoms with Gasteiger partial charge in [-0.1, -0.05) is 69.7 Å². The zero-order valence-electron chi connectivity index (χ0n) is 14.5. The molecule has 1 heterocycles. The lowest BCUT2D eigenvalue weighted by molar-refractivity contribution is -0.125. The van der Waals surface area contributed by atoms with Crippen LogP contribution in [0.3, 0.4) is 0 Å². The average molecular weight is 445 g/mol. The molecule has 0 radical (unpaired) electrons. The summed E-state index contributed by atoms with van der Waals surface area (Å²) in [5, 5.41) is 14.6. The lowest BCUT2D eigenvalue weighted by Crippen LogP contribution is -2.42. The lowest BCUT2D eigenvalue weighted by Gasteiger charge is -2.12. The van der Waals surface area contributed by atoms with Gasteiger partial charge < -0.3 is 5.32 Å². The van der Waals surface area contributed by atoms with Gasteiger partial charge in [0.2, 0.25) is 16.9 Å². The summed E-state index contributed by atoms with van der Waals surface area (Å²) >= 11 is 4.66. The second kappa shape index (κ2) is 8.88. The van der Waals surface area contributed by atoms with Gasteiger partial charge in [-0.15, -0.1) is 10.2 Å². The molecule has 2 N–H and O–H groups in total. The minimum Gasteiger partial charge on any atom is -0.344 e. The van der Waals surface area contributed by atoms with Crippen molar-refractivity contribution in [3.8, 4) is 10.6 Å². The average Bonchev–Trinajstić information content (AvgIpc) is 3.11. The van der Waals surface area contributed by atoms with E-state index >= 15 is 0 Å². The maximum atomic E-state index is 12.3. The Morgan fingerprint density at radius 2 is 1.78 bits per heavy atom. The van der Waals surface area contributed by atoms with Crippen molar-refractivity contribution in [3.63, 3.8) is 0 Å². The molecular formula is C19H17BrN4O2S. The Hall–Kier alpha value is -2.58. The van der Waals surface area contributed by atoms with Crippen LogP contribution < -0.4 is 10.6 Å². The van der Waals surface area contributed by atoms with Crippen molar-refractivity contribution in [3.05, 3.63) is 64.6 Å². The Balaban J connectivity index is 1.55. The van der Waals surface area contributed by atoms with E-state index in [0.29, 0.717) is 10.1 Å². The van der Waals surface area contributed by atoms with Gasteiger partial charge in [0.15, 0.2) is 0 Å². The number of halogens is 1. The summed E-state index contributed by atoms with van der Waals surface area (Å²) < 4.78 is 0.976. The van der Waals surface area contributed by atoms with Crippen LogP contribution in [0.25, 0.3) is 10.6 Å². The summed E-state index contributed by atoms with van der Waals surface area (Å²) in [6, 6.07) is 16.4. The van der Waals surface area contributed by atoms with Crippen molar-refractivity contribution >= 4 is 44.2 Å². The molecule has 0 unspecified atom stereocenters. The second-order valence-corrected chi connectivity index (χ2v) is 7.75. The molecule has 0 fully saturated rings. The fourth-order valence-electron chi connectivity index (χ4n) is 2.34. The standard InChI is InChI=1S/C19H17BrN4O2S/c1-12(21-16(25)11-13-5-3-2-4-6-13)17(26)22-19-24-23-18(27-19)14-7-9-15(20)10-8-14/h2-10,12H,11H2,1H3,(H,21,25)(H,22,24,26)/t12-/m1/s1. The number of nitrogens with one attached hydrogen (secondary N) is 2. The van der Waals surface area contributed by atoms with E-state index in [1.54, 1.807) is 6.92 Å². The fourth-order valence-corrected chi connectivity index (χ4v) is 3.35. The number of carbonyl (C=O) groups is 2. The van der Waals surface area contributed by atoms with Crippen molar-refractivity contribution < 1.29 is 9.59 Å². The Morgan fingerprint density at radius 1 is 1.07 bits per heavy atom. The van der Waals surface area contributed by atoms with Crippen LogP contribution in [-0.4, -0.2) is 28.1 Å². The van der Waals surface area contributed by atoms with E-state index < -0.39 is 6.04 Å². The van der Waals surface area contributed by atoms with Crippen molar-refractivity contribution in [1.82, 2.24) is 15.5 Å². The molecule has 6 nitrogen and oxygen atoms in total. The Bertz CT molecular complexity index is 928. The second-order valence-electron chi connectivity index (χ2n) is 5.86. The molecular weight excluding hydrogens is 428 g/mol. The third-order valence-corrected chi connectivity index (χ3v) is 5.14. The summed E-state index contributed by atoms with van der Waals surface area (Å²) in [6.45, 7) is 1.63. The summed E-state index contributed by atoms with van der Waals surface area (Å²) in [5.41, 5.74) is 1.81. The van der Waals surface area contributed by atoms with Crippen molar-refractivity contribution in [2.45, 2.75) is 19.4 Å². The topological polar surface area (TPSA) is 84.0 Å². The molecule has 2 amide bonds. The highest BCUT2D eigenvalue weighted by atomic mass is 79.9. The Kier molecular flexibility index (Phi) is 6.31. The molecule has 3 rings (SSSR count). The zero-order chi connectivity index (χ0) is 19.2. The number of hydrogen-bond donors (Lipinski definition) is 2. The van der Waals surface area contributed by atoms with Gasteiger partial charge in [0.1, 0.15) is 11.0 Å². The Morgan fingerprint density at radius 3 is 2.48 bits per heavy atom. The van der Waals surface area contributed by atoms with Crippen molar-refractivity contribution in [1.29, 1.82) is 0 Å². The van der Waals surface area contributed by atoms with Gasteiger partial charge in [0.25, 0.3) is 0 Å². The minimum atomic E-state index is -0.679.